The van der Waals surface area contributed by atoms with Crippen LogP contribution in [-0.2, 0) is 5.41 Å². The minimum absolute atomic E-state index is 0. The Morgan fingerprint density at radius 3 is 2.63 bits per heavy atom. The van der Waals surface area contributed by atoms with E-state index in [1.165, 1.54) is 45.0 Å². The summed E-state index contributed by atoms with van der Waals surface area (Å²) < 4.78 is 13.5. The monoisotopic (exact) mass is 488 g/mol. The van der Waals surface area contributed by atoms with Crippen molar-refractivity contribution in [3.8, 4) is 0 Å². The molecule has 0 radical (unpaired) electrons. The van der Waals surface area contributed by atoms with E-state index in [4.69, 9.17) is 4.99 Å². The van der Waals surface area contributed by atoms with Crippen LogP contribution in [-0.4, -0.2) is 50.1 Å². The Balaban J connectivity index is 0.00000261. The zero-order chi connectivity index (χ0) is 18.2. The maximum atomic E-state index is 13.5. The summed E-state index contributed by atoms with van der Waals surface area (Å²) in [7, 11) is 0. The Labute approximate surface area is 180 Å². The van der Waals surface area contributed by atoms with Gasteiger partial charge in [0.05, 0.1) is 6.54 Å². The molecule has 27 heavy (non-hydrogen) atoms. The number of halogens is 2. The van der Waals surface area contributed by atoms with Crippen LogP contribution in [0.25, 0.3) is 0 Å². The highest BCUT2D eigenvalue weighted by Gasteiger charge is 2.44. The van der Waals surface area contributed by atoms with E-state index >= 15 is 0 Å². The van der Waals surface area contributed by atoms with Gasteiger partial charge in [0.2, 0.25) is 0 Å². The molecule has 3 rings (SSSR count). The average molecular weight is 488 g/mol. The van der Waals surface area contributed by atoms with Gasteiger partial charge in [-0.2, -0.15) is 0 Å². The van der Waals surface area contributed by atoms with E-state index in [-0.39, 0.29) is 35.2 Å². The largest absolute Gasteiger partial charge is 0.357 e. The number of aliphatic imine (C=N–C) groups is 1. The molecule has 1 aliphatic carbocycles. The first-order valence-electron chi connectivity index (χ1n) is 10.2. The van der Waals surface area contributed by atoms with Gasteiger partial charge in [0, 0.05) is 18.5 Å². The maximum Gasteiger partial charge on any atom is 0.191 e. The molecule has 0 unspecified atom stereocenters. The van der Waals surface area contributed by atoms with Gasteiger partial charge in [0.1, 0.15) is 5.82 Å². The van der Waals surface area contributed by atoms with E-state index in [2.05, 4.69) is 22.5 Å². The highest BCUT2D eigenvalue weighted by atomic mass is 127. The minimum Gasteiger partial charge on any atom is -0.357 e. The van der Waals surface area contributed by atoms with Crippen LogP contribution in [0, 0.1) is 5.82 Å². The zero-order valence-electron chi connectivity index (χ0n) is 16.5. The molecule has 0 aromatic heterocycles. The van der Waals surface area contributed by atoms with Crippen LogP contribution in [0.5, 0.6) is 0 Å². The van der Waals surface area contributed by atoms with Crippen LogP contribution in [0.4, 0.5) is 4.39 Å². The Bertz CT molecular complexity index is 598. The van der Waals surface area contributed by atoms with Crippen LogP contribution in [0.3, 0.4) is 0 Å². The van der Waals surface area contributed by atoms with Crippen LogP contribution in [0.15, 0.2) is 29.3 Å². The molecule has 0 bridgehead atoms. The molecule has 1 aliphatic heterocycles. The molecule has 1 saturated heterocycles. The second-order valence-corrected chi connectivity index (χ2v) is 7.67. The lowest BCUT2D eigenvalue weighted by Gasteiger charge is -2.17. The maximum absolute atomic E-state index is 13.5. The van der Waals surface area contributed by atoms with Crippen LogP contribution >= 0.6 is 24.0 Å². The fourth-order valence-corrected chi connectivity index (χ4v) is 3.75. The number of guanidine groups is 1. The summed E-state index contributed by atoms with van der Waals surface area (Å²) in [5.74, 6) is 0.733. The third-order valence-electron chi connectivity index (χ3n) is 5.57. The number of unbranched alkanes of at least 4 members (excludes halogenated alkanes) is 1. The third-order valence-corrected chi connectivity index (χ3v) is 5.57. The first-order valence-corrected chi connectivity index (χ1v) is 10.2. The van der Waals surface area contributed by atoms with E-state index in [1.807, 2.05) is 6.07 Å². The van der Waals surface area contributed by atoms with Gasteiger partial charge in [0.15, 0.2) is 5.96 Å². The molecule has 2 aliphatic rings. The summed E-state index contributed by atoms with van der Waals surface area (Å²) >= 11 is 0. The normalized spacial score (nSPS) is 18.8. The fourth-order valence-electron chi connectivity index (χ4n) is 3.75. The van der Waals surface area contributed by atoms with Crippen molar-refractivity contribution in [2.24, 2.45) is 4.99 Å². The highest BCUT2D eigenvalue weighted by molar-refractivity contribution is 14.0. The van der Waals surface area contributed by atoms with Crippen molar-refractivity contribution in [2.75, 3.05) is 39.3 Å². The highest BCUT2D eigenvalue weighted by Crippen LogP contribution is 2.48. The summed E-state index contributed by atoms with van der Waals surface area (Å²) in [6.07, 6.45) is 7.31. The van der Waals surface area contributed by atoms with Crippen LogP contribution in [0.1, 0.15) is 51.0 Å². The molecule has 6 heteroatoms. The van der Waals surface area contributed by atoms with Gasteiger partial charge in [-0.25, -0.2) is 4.39 Å². The number of hydrogen-bond donors (Lipinski definition) is 2. The second-order valence-electron chi connectivity index (χ2n) is 7.67. The van der Waals surface area contributed by atoms with Crippen molar-refractivity contribution in [3.05, 3.63) is 35.6 Å². The standard InChI is InChI=1S/C21H33FN4.HI/c1-2-23-20(24-12-3-4-13-26-14-5-6-15-26)25-17-21(10-11-21)18-8-7-9-19(22)16-18;/h7-9,16H,2-6,10-15,17H2,1H3,(H2,23,24,25);1H. The van der Waals surface area contributed by atoms with E-state index in [0.717, 1.165) is 50.4 Å². The van der Waals surface area contributed by atoms with Crippen molar-refractivity contribution in [1.29, 1.82) is 0 Å². The first kappa shape index (κ1) is 22.4. The zero-order valence-corrected chi connectivity index (χ0v) is 18.8. The second kappa shape index (κ2) is 11.2. The number of nitrogens with zero attached hydrogens (tertiary/aromatic N) is 2. The summed E-state index contributed by atoms with van der Waals surface area (Å²) in [6.45, 7) is 8.39. The third kappa shape index (κ3) is 6.89. The van der Waals surface area contributed by atoms with Crippen molar-refractivity contribution in [2.45, 2.75) is 50.9 Å². The predicted molar refractivity (Wildman–Crippen MR) is 122 cm³/mol. The molecular weight excluding hydrogens is 454 g/mol. The van der Waals surface area contributed by atoms with Crippen molar-refractivity contribution in [1.82, 2.24) is 15.5 Å². The molecule has 1 saturated carbocycles. The van der Waals surface area contributed by atoms with Gasteiger partial charge in [-0.05, 0) is 82.8 Å². The van der Waals surface area contributed by atoms with Crippen LogP contribution in [0.2, 0.25) is 0 Å². The Kier molecular flexibility index (Phi) is 9.29. The van der Waals surface area contributed by atoms with Crippen molar-refractivity contribution in [3.63, 3.8) is 0 Å². The minimum atomic E-state index is -0.152. The molecule has 0 atom stereocenters. The summed E-state index contributed by atoms with van der Waals surface area (Å²) in [4.78, 5) is 7.35. The van der Waals surface area contributed by atoms with E-state index in [1.54, 1.807) is 12.1 Å². The van der Waals surface area contributed by atoms with Crippen molar-refractivity contribution >= 4 is 29.9 Å². The molecule has 2 fully saturated rings. The molecule has 4 nitrogen and oxygen atoms in total. The van der Waals surface area contributed by atoms with Crippen molar-refractivity contribution < 1.29 is 4.39 Å². The quantitative estimate of drug-likeness (QED) is 0.240. The first-order chi connectivity index (χ1) is 12.7. The molecule has 1 aromatic rings. The van der Waals surface area contributed by atoms with Gasteiger partial charge in [0.25, 0.3) is 0 Å². The molecule has 1 aromatic carbocycles. The number of likely N-dealkylation sites (tertiary alicyclic amines) is 1. The molecule has 0 amide bonds. The Morgan fingerprint density at radius 1 is 1.19 bits per heavy atom. The van der Waals surface area contributed by atoms with Gasteiger partial charge in [-0.15, -0.1) is 24.0 Å². The van der Waals surface area contributed by atoms with Gasteiger partial charge in [-0.3, -0.25) is 4.99 Å². The van der Waals surface area contributed by atoms with E-state index in [0.29, 0.717) is 0 Å². The topological polar surface area (TPSA) is 39.7 Å². The van der Waals surface area contributed by atoms with Gasteiger partial charge in [-0.1, -0.05) is 12.1 Å². The lowest BCUT2D eigenvalue weighted by atomic mass is 9.96. The molecule has 152 valence electrons. The van der Waals surface area contributed by atoms with Crippen LogP contribution < -0.4 is 10.6 Å². The summed E-state index contributed by atoms with van der Waals surface area (Å²) in [6, 6.07) is 7.01. The fraction of sp³-hybridized carbons (Fsp3) is 0.667. The van der Waals surface area contributed by atoms with Gasteiger partial charge >= 0.3 is 0 Å². The SMILES string of the molecule is CCNC(=NCC1(c2cccc(F)c2)CC1)NCCCCN1CCCC1.I. The van der Waals surface area contributed by atoms with Gasteiger partial charge < -0.3 is 15.5 Å². The average Bonchev–Trinajstić information content (AvgIpc) is 3.26. The smallest absolute Gasteiger partial charge is 0.191 e. The van der Waals surface area contributed by atoms with E-state index in [9.17, 15) is 4.39 Å². The molecular formula is C21H34FIN4. The molecule has 2 N–H and O–H groups in total. The summed E-state index contributed by atoms with van der Waals surface area (Å²) in [5, 5.41) is 6.79. The Hall–Kier alpha value is -0.890. The number of nitrogens with one attached hydrogen (secondary N) is 2. The Morgan fingerprint density at radius 2 is 1.96 bits per heavy atom. The predicted octanol–water partition coefficient (Wildman–Crippen LogP) is 3.91. The number of benzene rings is 1. The molecule has 1 heterocycles. The summed E-state index contributed by atoms with van der Waals surface area (Å²) in [5.41, 5.74) is 1.13. The molecule has 0 spiro atoms. The number of rotatable bonds is 9. The lowest BCUT2D eigenvalue weighted by Crippen LogP contribution is -2.38. The van der Waals surface area contributed by atoms with E-state index < -0.39 is 0 Å². The lowest BCUT2D eigenvalue weighted by molar-refractivity contribution is 0.330. The number of hydrogen-bond acceptors (Lipinski definition) is 2.